The number of carboxylic acids is 1. The lowest BCUT2D eigenvalue weighted by atomic mass is 9.99. The van der Waals surface area contributed by atoms with E-state index in [-0.39, 0.29) is 37.0 Å². The Kier molecular flexibility index (Phi) is 26.5. The fourth-order valence-electron chi connectivity index (χ4n) is 7.43. The Labute approximate surface area is 385 Å². The molecule has 2 aromatic carbocycles. The van der Waals surface area contributed by atoms with Gasteiger partial charge in [-0.1, -0.05) is 153 Å². The average Bonchev–Trinajstić information content (AvgIpc) is 3.24. The summed E-state index contributed by atoms with van der Waals surface area (Å²) in [6.07, 6.45) is 12.1. The van der Waals surface area contributed by atoms with E-state index in [1.807, 2.05) is 58.0 Å². The van der Waals surface area contributed by atoms with E-state index in [4.69, 9.17) is 11.5 Å². The number of carbonyl (C=O) groups excluding carboxylic acids is 7. The highest BCUT2D eigenvalue weighted by Gasteiger charge is 2.31. The van der Waals surface area contributed by atoms with Crippen LogP contribution in [-0.2, 0) is 51.2 Å². The van der Waals surface area contributed by atoms with E-state index in [0.717, 1.165) is 69.8 Å². The molecule has 10 N–H and O–H groups in total. The summed E-state index contributed by atoms with van der Waals surface area (Å²) in [5, 5.41) is 23.0. The van der Waals surface area contributed by atoms with Gasteiger partial charge in [-0.2, -0.15) is 0 Å². The maximum atomic E-state index is 13.4. The summed E-state index contributed by atoms with van der Waals surface area (Å²) in [5.74, 6) is -5.25. The Morgan fingerprint density at radius 2 is 0.892 bits per heavy atom. The predicted molar refractivity (Wildman–Crippen MR) is 250 cm³/mol. The molecule has 0 radical (unpaired) electrons. The maximum absolute atomic E-state index is 13.4. The first-order chi connectivity index (χ1) is 31.0. The van der Waals surface area contributed by atoms with Crippen molar-refractivity contribution < 1.29 is 43.5 Å². The molecular formula is C49H75N7O9. The number of primary amides is 2. The summed E-state index contributed by atoms with van der Waals surface area (Å²) in [4.78, 5) is 101. The first kappa shape index (κ1) is 55.3. The Balaban J connectivity index is 1.62. The van der Waals surface area contributed by atoms with Crippen LogP contribution >= 0.6 is 0 Å². The van der Waals surface area contributed by atoms with Crippen LogP contribution in [0.5, 0.6) is 0 Å². The van der Waals surface area contributed by atoms with Gasteiger partial charge in [0.2, 0.25) is 41.4 Å². The molecule has 16 nitrogen and oxygen atoms in total. The quantitative estimate of drug-likeness (QED) is 0.0459. The molecule has 0 saturated heterocycles. The molecule has 5 atom stereocenters. The molecule has 2 aromatic rings. The fraction of sp³-hybridized carbons (Fsp3) is 0.592. The summed E-state index contributed by atoms with van der Waals surface area (Å²) in [6, 6.07) is 12.8. The second kappa shape index (κ2) is 31.1. The number of nitrogens with two attached hydrogens (primary N) is 2. The Morgan fingerprint density at radius 3 is 1.31 bits per heavy atom. The van der Waals surface area contributed by atoms with Crippen LogP contribution < -0.4 is 38.1 Å². The predicted octanol–water partition coefficient (Wildman–Crippen LogP) is 4.50. The zero-order valence-corrected chi connectivity index (χ0v) is 38.9. The van der Waals surface area contributed by atoms with E-state index in [9.17, 15) is 43.5 Å². The van der Waals surface area contributed by atoms with Crippen molar-refractivity contribution >= 4 is 47.3 Å². The van der Waals surface area contributed by atoms with Gasteiger partial charge in [0, 0.05) is 25.7 Å². The molecule has 65 heavy (non-hydrogen) atoms. The minimum Gasteiger partial charge on any atom is -0.480 e. The van der Waals surface area contributed by atoms with Gasteiger partial charge >= 0.3 is 5.97 Å². The second-order valence-electron chi connectivity index (χ2n) is 17.8. The highest BCUT2D eigenvalue weighted by atomic mass is 16.4. The van der Waals surface area contributed by atoms with Crippen molar-refractivity contribution in [1.82, 2.24) is 26.6 Å². The van der Waals surface area contributed by atoms with Crippen molar-refractivity contribution in [2.75, 3.05) is 0 Å². The summed E-state index contributed by atoms with van der Waals surface area (Å²) in [7, 11) is 0. The van der Waals surface area contributed by atoms with Gasteiger partial charge in [0.05, 0.1) is 6.42 Å². The van der Waals surface area contributed by atoms with Crippen LogP contribution in [0, 0.1) is 11.8 Å². The standard InChI is InChI=1S/C49H75N7O9/c1-33(2)29-38(46(61)53-37(45(51)60)30-35-23-17-15-18-24-35)54-48(63)44(34(3)4)56-43(59)28-22-14-12-10-8-6-5-7-9-11-13-21-27-42(58)52-39(32-41(50)57)47(62)55-40(49(64)65)31-36-25-19-16-20-26-36/h15-20,23-26,33-34,37-40,44H,5-14,21-22,27-32H2,1-4H3,(H2,50,57)(H2,51,60)(H,52,58)(H,53,61)(H,54,63)(H,55,62)(H,56,59)(H,64,65)/t37-,38-,39-,40-,44-/m0/s1. The van der Waals surface area contributed by atoms with Crippen molar-refractivity contribution in [3.8, 4) is 0 Å². The molecule has 0 heterocycles. The zero-order chi connectivity index (χ0) is 48.1. The molecule has 0 aliphatic carbocycles. The molecule has 16 heteroatoms. The van der Waals surface area contributed by atoms with E-state index in [1.165, 1.54) is 0 Å². The number of unbranched alkanes of at least 4 members (excludes halogenated alkanes) is 11. The van der Waals surface area contributed by atoms with Crippen molar-refractivity contribution in [1.29, 1.82) is 0 Å². The molecular weight excluding hydrogens is 831 g/mol. The second-order valence-corrected chi connectivity index (χ2v) is 17.8. The molecule has 2 rings (SSSR count). The van der Waals surface area contributed by atoms with Gasteiger partial charge in [-0.15, -0.1) is 0 Å². The Bertz CT molecular complexity index is 1790. The number of nitrogens with one attached hydrogen (secondary N) is 5. The van der Waals surface area contributed by atoms with E-state index >= 15 is 0 Å². The lowest BCUT2D eigenvalue weighted by molar-refractivity contribution is -0.142. The molecule has 0 aliphatic heterocycles. The third-order valence-electron chi connectivity index (χ3n) is 11.1. The molecule has 0 fully saturated rings. The van der Waals surface area contributed by atoms with Crippen molar-refractivity contribution in [2.24, 2.45) is 23.3 Å². The van der Waals surface area contributed by atoms with E-state index < -0.39 is 78.0 Å². The zero-order valence-electron chi connectivity index (χ0n) is 38.9. The average molecular weight is 906 g/mol. The number of hydrogen-bond acceptors (Lipinski definition) is 8. The van der Waals surface area contributed by atoms with Crippen LogP contribution in [0.4, 0.5) is 0 Å². The van der Waals surface area contributed by atoms with Gasteiger partial charge in [0.25, 0.3) is 0 Å². The van der Waals surface area contributed by atoms with Gasteiger partial charge < -0.3 is 43.2 Å². The number of amides is 7. The number of carbonyl (C=O) groups is 8. The summed E-state index contributed by atoms with van der Waals surface area (Å²) >= 11 is 0. The number of aliphatic carboxylic acids is 1. The third-order valence-corrected chi connectivity index (χ3v) is 11.1. The fourth-order valence-corrected chi connectivity index (χ4v) is 7.43. The summed E-state index contributed by atoms with van der Waals surface area (Å²) < 4.78 is 0. The van der Waals surface area contributed by atoms with Crippen LogP contribution in [0.15, 0.2) is 60.7 Å². The van der Waals surface area contributed by atoms with Gasteiger partial charge in [0.1, 0.15) is 30.2 Å². The first-order valence-corrected chi connectivity index (χ1v) is 23.3. The van der Waals surface area contributed by atoms with Crippen LogP contribution in [0.1, 0.15) is 142 Å². The number of benzene rings is 2. The summed E-state index contributed by atoms with van der Waals surface area (Å²) in [6.45, 7) is 7.52. The van der Waals surface area contributed by atoms with E-state index in [2.05, 4.69) is 26.6 Å². The summed E-state index contributed by atoms with van der Waals surface area (Å²) in [5.41, 5.74) is 12.5. The lowest BCUT2D eigenvalue weighted by Crippen LogP contribution is -2.58. The number of carboxylic acid groups (broad SMARTS) is 1. The monoisotopic (exact) mass is 906 g/mol. The van der Waals surface area contributed by atoms with Gasteiger partial charge in [-0.05, 0) is 42.2 Å². The Morgan fingerprint density at radius 1 is 0.492 bits per heavy atom. The van der Waals surface area contributed by atoms with Gasteiger partial charge in [-0.3, -0.25) is 33.6 Å². The number of hydrogen-bond donors (Lipinski definition) is 8. The largest absolute Gasteiger partial charge is 0.480 e. The van der Waals surface area contributed by atoms with E-state index in [1.54, 1.807) is 30.3 Å². The van der Waals surface area contributed by atoms with Crippen molar-refractivity contribution in [3.63, 3.8) is 0 Å². The molecule has 7 amide bonds. The first-order valence-electron chi connectivity index (χ1n) is 23.3. The molecule has 0 unspecified atom stereocenters. The van der Waals surface area contributed by atoms with Gasteiger partial charge in [0.15, 0.2) is 0 Å². The molecule has 0 aromatic heterocycles. The molecule has 0 aliphatic rings. The molecule has 360 valence electrons. The highest BCUT2D eigenvalue weighted by molar-refractivity contribution is 5.95. The van der Waals surface area contributed by atoms with Gasteiger partial charge in [-0.25, -0.2) is 4.79 Å². The molecule has 0 saturated carbocycles. The van der Waals surface area contributed by atoms with Crippen LogP contribution in [0.3, 0.4) is 0 Å². The molecule has 0 bridgehead atoms. The number of rotatable bonds is 34. The highest BCUT2D eigenvalue weighted by Crippen LogP contribution is 2.15. The van der Waals surface area contributed by atoms with Crippen molar-refractivity contribution in [2.45, 2.75) is 173 Å². The lowest BCUT2D eigenvalue weighted by Gasteiger charge is -2.27. The normalized spacial score (nSPS) is 13.4. The SMILES string of the molecule is CC(C)C[C@H](NC(=O)[C@@H](NC(=O)CCCCCCCCCCCCCCC(=O)N[C@@H](CC(N)=O)C(=O)N[C@@H](Cc1ccccc1)C(=O)O)C(C)C)C(=O)N[C@@H](Cc1ccccc1)C(N)=O. The minimum atomic E-state index is -1.27. The maximum Gasteiger partial charge on any atom is 0.326 e. The Hall–Kier alpha value is -5.80. The van der Waals surface area contributed by atoms with Crippen LogP contribution in [-0.4, -0.2) is 82.6 Å². The third kappa shape index (κ3) is 24.2. The van der Waals surface area contributed by atoms with Crippen LogP contribution in [0.2, 0.25) is 0 Å². The van der Waals surface area contributed by atoms with Crippen molar-refractivity contribution in [3.05, 3.63) is 71.8 Å². The van der Waals surface area contributed by atoms with Crippen LogP contribution in [0.25, 0.3) is 0 Å². The molecule has 0 spiro atoms. The van der Waals surface area contributed by atoms with E-state index in [0.29, 0.717) is 31.2 Å². The topological polar surface area (TPSA) is 269 Å². The smallest absolute Gasteiger partial charge is 0.326 e. The minimum absolute atomic E-state index is 0.0403.